The van der Waals surface area contributed by atoms with Gasteiger partial charge in [-0.25, -0.2) is 22.2 Å². The number of ether oxygens (including phenoxy) is 3. The number of anilines is 1. The van der Waals surface area contributed by atoms with Gasteiger partial charge in [0.2, 0.25) is 0 Å². The minimum atomic E-state index is -3.80. The van der Waals surface area contributed by atoms with Gasteiger partial charge in [-0.3, -0.25) is 0 Å². The minimum absolute atomic E-state index is 0.0210. The Labute approximate surface area is 185 Å². The molecular weight excluding hydrogens is 446 g/mol. The number of halogens is 2. The van der Waals surface area contributed by atoms with Crippen molar-refractivity contribution < 1.29 is 31.4 Å². The SMILES string of the molecule is Cn1cnc(S(=O)(=O)N2CC(Nc3cccc(OCC(F)F)c3)C(C3OCCCO3)C2)c1. The lowest BCUT2D eigenvalue weighted by molar-refractivity contribution is -0.203. The van der Waals surface area contributed by atoms with Crippen molar-refractivity contribution in [2.75, 3.05) is 38.2 Å². The van der Waals surface area contributed by atoms with E-state index in [1.807, 2.05) is 0 Å². The fraction of sp³-hybridized carbons (Fsp3) is 0.550. The fourth-order valence-corrected chi connectivity index (χ4v) is 5.34. The zero-order valence-corrected chi connectivity index (χ0v) is 18.4. The Morgan fingerprint density at radius 3 is 2.75 bits per heavy atom. The summed E-state index contributed by atoms with van der Waals surface area (Å²) in [6.45, 7) is 0.753. The van der Waals surface area contributed by atoms with E-state index in [4.69, 9.17) is 14.2 Å². The lowest BCUT2D eigenvalue weighted by atomic mass is 10.0. The Hall–Kier alpha value is -2.28. The molecule has 0 aliphatic carbocycles. The van der Waals surface area contributed by atoms with Crippen molar-refractivity contribution in [2.24, 2.45) is 13.0 Å². The van der Waals surface area contributed by atoms with Crippen LogP contribution in [0.25, 0.3) is 0 Å². The van der Waals surface area contributed by atoms with E-state index >= 15 is 0 Å². The molecule has 0 spiro atoms. The van der Waals surface area contributed by atoms with Crippen molar-refractivity contribution in [3.63, 3.8) is 0 Å². The van der Waals surface area contributed by atoms with Gasteiger partial charge in [0.05, 0.1) is 19.5 Å². The Balaban J connectivity index is 1.54. The number of benzene rings is 1. The van der Waals surface area contributed by atoms with Gasteiger partial charge in [0, 0.05) is 50.0 Å². The standard InChI is InChI=1S/C20H26F2N4O5S/c1-25-11-19(23-13-25)32(27,28)26-9-16(20-29-6-3-7-30-20)17(10-26)24-14-4-2-5-15(8-14)31-12-18(21)22/h2,4-5,8,11,13,16-18,20,24H,3,6-7,9-10,12H2,1H3. The molecule has 2 unspecified atom stereocenters. The first-order chi connectivity index (χ1) is 15.3. The van der Waals surface area contributed by atoms with Crippen molar-refractivity contribution in [1.29, 1.82) is 0 Å². The molecule has 2 aliphatic rings. The highest BCUT2D eigenvalue weighted by atomic mass is 32.2. The van der Waals surface area contributed by atoms with Gasteiger partial charge >= 0.3 is 0 Å². The van der Waals surface area contributed by atoms with Crippen LogP contribution in [0.15, 0.2) is 41.8 Å². The van der Waals surface area contributed by atoms with Crippen LogP contribution in [0, 0.1) is 5.92 Å². The second-order valence-corrected chi connectivity index (χ2v) is 9.69. The summed E-state index contributed by atoms with van der Waals surface area (Å²) < 4.78 is 70.8. The fourth-order valence-electron chi connectivity index (χ4n) is 3.87. The molecule has 12 heteroatoms. The Bertz CT molecular complexity index is 1010. The highest BCUT2D eigenvalue weighted by molar-refractivity contribution is 7.89. The van der Waals surface area contributed by atoms with Gasteiger partial charge in [-0.15, -0.1) is 0 Å². The first-order valence-electron chi connectivity index (χ1n) is 10.3. The molecular formula is C20H26F2N4O5S. The summed E-state index contributed by atoms with van der Waals surface area (Å²) >= 11 is 0. The third-order valence-electron chi connectivity index (χ3n) is 5.38. The highest BCUT2D eigenvalue weighted by Crippen LogP contribution is 2.32. The quantitative estimate of drug-likeness (QED) is 0.627. The van der Waals surface area contributed by atoms with Crippen LogP contribution in [0.3, 0.4) is 0 Å². The maximum atomic E-state index is 13.1. The number of aryl methyl sites for hydroxylation is 1. The average molecular weight is 473 g/mol. The number of hydrogen-bond donors (Lipinski definition) is 1. The number of nitrogens with zero attached hydrogens (tertiary/aromatic N) is 3. The zero-order valence-electron chi connectivity index (χ0n) is 17.6. The summed E-state index contributed by atoms with van der Waals surface area (Å²) in [5, 5.41) is 3.29. The number of rotatable bonds is 8. The predicted octanol–water partition coefficient (Wildman–Crippen LogP) is 1.93. The summed E-state index contributed by atoms with van der Waals surface area (Å²) in [5.74, 6) is 0.0207. The highest BCUT2D eigenvalue weighted by Gasteiger charge is 2.45. The van der Waals surface area contributed by atoms with E-state index in [1.165, 1.54) is 16.8 Å². The van der Waals surface area contributed by atoms with Gasteiger partial charge in [0.1, 0.15) is 12.4 Å². The van der Waals surface area contributed by atoms with E-state index in [9.17, 15) is 17.2 Å². The van der Waals surface area contributed by atoms with Crippen LogP contribution in [-0.2, 0) is 26.5 Å². The maximum absolute atomic E-state index is 13.1. The Morgan fingerprint density at radius 1 is 1.28 bits per heavy atom. The normalized spacial score (nSPS) is 23.0. The van der Waals surface area contributed by atoms with Crippen LogP contribution in [-0.4, -0.2) is 73.9 Å². The molecule has 176 valence electrons. The van der Waals surface area contributed by atoms with Gasteiger partial charge in [-0.1, -0.05) is 6.07 Å². The second kappa shape index (κ2) is 9.69. The molecule has 32 heavy (non-hydrogen) atoms. The van der Waals surface area contributed by atoms with Gasteiger partial charge < -0.3 is 24.1 Å². The molecule has 0 radical (unpaired) electrons. The van der Waals surface area contributed by atoms with Crippen LogP contribution in [0.2, 0.25) is 0 Å². The number of nitrogens with one attached hydrogen (secondary N) is 1. The first kappa shape index (κ1) is 22.9. The summed E-state index contributed by atoms with van der Waals surface area (Å²) in [5.41, 5.74) is 0.625. The molecule has 4 rings (SSSR count). The number of alkyl halides is 2. The molecule has 2 aromatic rings. The number of sulfonamides is 1. The molecule has 3 heterocycles. The van der Waals surface area contributed by atoms with E-state index < -0.39 is 29.3 Å². The molecule has 2 fully saturated rings. The lowest BCUT2D eigenvalue weighted by Crippen LogP contribution is -2.41. The van der Waals surface area contributed by atoms with Crippen LogP contribution in [0.5, 0.6) is 5.75 Å². The summed E-state index contributed by atoms with van der Waals surface area (Å²) in [4.78, 5) is 4.00. The molecule has 9 nitrogen and oxygen atoms in total. The van der Waals surface area contributed by atoms with Crippen LogP contribution in [0.1, 0.15) is 6.42 Å². The summed E-state index contributed by atoms with van der Waals surface area (Å²) in [6, 6.07) is 6.32. The van der Waals surface area contributed by atoms with Gasteiger partial charge in [0.15, 0.2) is 11.3 Å². The van der Waals surface area contributed by atoms with Crippen molar-refractivity contribution in [1.82, 2.24) is 13.9 Å². The van der Waals surface area contributed by atoms with E-state index in [-0.39, 0.29) is 30.1 Å². The smallest absolute Gasteiger partial charge is 0.272 e. The molecule has 1 aromatic heterocycles. The van der Waals surface area contributed by atoms with Gasteiger partial charge in [-0.05, 0) is 18.6 Å². The summed E-state index contributed by atoms with van der Waals surface area (Å²) in [7, 11) is -2.09. The topological polar surface area (TPSA) is 94.9 Å². The van der Waals surface area contributed by atoms with E-state index in [0.29, 0.717) is 24.7 Å². The maximum Gasteiger partial charge on any atom is 0.272 e. The van der Waals surface area contributed by atoms with E-state index in [0.717, 1.165) is 6.42 Å². The molecule has 1 aromatic carbocycles. The molecule has 0 saturated carbocycles. The van der Waals surface area contributed by atoms with Crippen molar-refractivity contribution in [2.45, 2.75) is 30.2 Å². The third-order valence-corrected chi connectivity index (χ3v) is 7.10. The van der Waals surface area contributed by atoms with Crippen LogP contribution < -0.4 is 10.1 Å². The molecule has 2 saturated heterocycles. The number of imidazole rings is 1. The summed E-state index contributed by atoms with van der Waals surface area (Å²) in [6.07, 6.45) is 0.554. The van der Waals surface area contributed by atoms with Gasteiger partial charge in [-0.2, -0.15) is 4.31 Å². The van der Waals surface area contributed by atoms with E-state index in [2.05, 4.69) is 10.3 Å². The van der Waals surface area contributed by atoms with Crippen molar-refractivity contribution in [3.8, 4) is 5.75 Å². The first-order valence-corrected chi connectivity index (χ1v) is 11.8. The monoisotopic (exact) mass is 472 g/mol. The molecule has 2 aliphatic heterocycles. The van der Waals surface area contributed by atoms with E-state index in [1.54, 1.807) is 35.9 Å². The number of aromatic nitrogens is 2. The lowest BCUT2D eigenvalue weighted by Gasteiger charge is -2.31. The number of hydrogen-bond acceptors (Lipinski definition) is 7. The molecule has 1 N–H and O–H groups in total. The Morgan fingerprint density at radius 2 is 2.06 bits per heavy atom. The Kier molecular flexibility index (Phi) is 6.93. The largest absolute Gasteiger partial charge is 0.488 e. The molecule has 0 amide bonds. The zero-order chi connectivity index (χ0) is 22.7. The molecule has 0 bridgehead atoms. The predicted molar refractivity (Wildman–Crippen MR) is 111 cm³/mol. The average Bonchev–Trinajstić information content (AvgIpc) is 3.40. The molecule has 2 atom stereocenters. The van der Waals surface area contributed by atoms with Crippen molar-refractivity contribution in [3.05, 3.63) is 36.8 Å². The van der Waals surface area contributed by atoms with Gasteiger partial charge in [0.25, 0.3) is 16.4 Å². The van der Waals surface area contributed by atoms with Crippen molar-refractivity contribution >= 4 is 15.7 Å². The van der Waals surface area contributed by atoms with Crippen LogP contribution >= 0.6 is 0 Å². The third kappa shape index (κ3) is 5.20. The second-order valence-electron chi connectivity index (χ2n) is 7.81. The van der Waals surface area contributed by atoms with Crippen LogP contribution in [0.4, 0.5) is 14.5 Å². The minimum Gasteiger partial charge on any atom is -0.488 e.